The number of hydrogen-bond donors (Lipinski definition) is 1. The number of fused-ring (bicyclic) bond motifs is 1. The van der Waals surface area contributed by atoms with Crippen LogP contribution in [0.2, 0.25) is 0 Å². The van der Waals surface area contributed by atoms with E-state index in [0.29, 0.717) is 0 Å². The van der Waals surface area contributed by atoms with E-state index in [0.717, 1.165) is 25.9 Å². The van der Waals surface area contributed by atoms with Crippen molar-refractivity contribution in [2.45, 2.75) is 38.3 Å². The second-order valence-electron chi connectivity index (χ2n) is 5.26. The largest absolute Gasteiger partial charge is 0.321 e. The molecule has 0 unspecified atom stereocenters. The highest BCUT2D eigenvalue weighted by Crippen LogP contribution is 2.43. The molecule has 86 valence electrons. The number of nitrogens with zero attached hydrogens (tertiary/aromatic N) is 1. The van der Waals surface area contributed by atoms with Gasteiger partial charge in [-0.15, -0.1) is 0 Å². The van der Waals surface area contributed by atoms with Crippen LogP contribution in [0.1, 0.15) is 36.5 Å². The van der Waals surface area contributed by atoms with Crippen LogP contribution in [0, 0.1) is 0 Å². The van der Waals surface area contributed by atoms with E-state index < -0.39 is 0 Å². The van der Waals surface area contributed by atoms with E-state index in [1.54, 1.807) is 0 Å². The van der Waals surface area contributed by atoms with E-state index in [-0.39, 0.29) is 5.54 Å². The first-order valence-electron chi connectivity index (χ1n) is 6.35. The first-order chi connectivity index (χ1) is 7.71. The van der Waals surface area contributed by atoms with Crippen LogP contribution in [0.3, 0.4) is 0 Å². The van der Waals surface area contributed by atoms with Gasteiger partial charge in [-0.2, -0.15) is 0 Å². The molecule has 0 saturated heterocycles. The molecule has 0 radical (unpaired) electrons. The molecule has 0 amide bonds. The van der Waals surface area contributed by atoms with Crippen molar-refractivity contribution in [1.82, 2.24) is 4.90 Å². The van der Waals surface area contributed by atoms with Gasteiger partial charge in [-0.05, 0) is 42.5 Å². The highest BCUT2D eigenvalue weighted by Gasteiger charge is 2.40. The van der Waals surface area contributed by atoms with Crippen LogP contribution in [0.15, 0.2) is 18.2 Å². The first-order valence-corrected chi connectivity index (χ1v) is 6.35. The lowest BCUT2D eigenvalue weighted by Gasteiger charge is -2.28. The Hall–Kier alpha value is -0.860. The molecule has 2 nitrogen and oxygen atoms in total. The van der Waals surface area contributed by atoms with Crippen LogP contribution in [0.4, 0.5) is 0 Å². The number of rotatable bonds is 2. The van der Waals surface area contributed by atoms with Crippen LogP contribution in [0.5, 0.6) is 0 Å². The molecule has 0 aromatic heterocycles. The van der Waals surface area contributed by atoms with Crippen molar-refractivity contribution >= 4 is 0 Å². The molecule has 2 heteroatoms. The molecule has 1 aliphatic carbocycles. The molecule has 1 aromatic carbocycles. The lowest BCUT2D eigenvalue weighted by atomic mass is 9.94. The average molecular weight is 216 g/mol. The summed E-state index contributed by atoms with van der Waals surface area (Å²) in [7, 11) is 0. The van der Waals surface area contributed by atoms with E-state index in [4.69, 9.17) is 5.73 Å². The molecule has 2 N–H and O–H groups in total. The summed E-state index contributed by atoms with van der Waals surface area (Å²) in [6, 6.07) is 6.89. The highest BCUT2D eigenvalue weighted by atomic mass is 15.1. The topological polar surface area (TPSA) is 29.3 Å². The normalized spacial score (nSPS) is 22.9. The van der Waals surface area contributed by atoms with Crippen LogP contribution < -0.4 is 5.73 Å². The van der Waals surface area contributed by atoms with Gasteiger partial charge in [0.1, 0.15) is 0 Å². The lowest BCUT2D eigenvalue weighted by molar-refractivity contribution is 0.268. The van der Waals surface area contributed by atoms with Gasteiger partial charge >= 0.3 is 0 Å². The Morgan fingerprint density at radius 1 is 1.31 bits per heavy atom. The quantitative estimate of drug-likeness (QED) is 0.819. The second kappa shape index (κ2) is 3.57. The van der Waals surface area contributed by atoms with Crippen LogP contribution in [-0.4, -0.2) is 18.0 Å². The van der Waals surface area contributed by atoms with Crippen molar-refractivity contribution in [3.63, 3.8) is 0 Å². The standard InChI is InChI=1S/C14H20N2/c1-2-16-8-5-11-9-13(14(15)6-7-14)4-3-12(11)10-16/h3-4,9H,2,5-8,10,15H2,1H3. The van der Waals surface area contributed by atoms with Crippen LogP contribution in [0.25, 0.3) is 0 Å². The molecule has 1 fully saturated rings. The van der Waals surface area contributed by atoms with E-state index in [9.17, 15) is 0 Å². The van der Waals surface area contributed by atoms with E-state index >= 15 is 0 Å². The summed E-state index contributed by atoms with van der Waals surface area (Å²) in [5.74, 6) is 0. The molecule has 16 heavy (non-hydrogen) atoms. The number of hydrogen-bond acceptors (Lipinski definition) is 2. The molecular formula is C14H20N2. The van der Waals surface area contributed by atoms with E-state index in [2.05, 4.69) is 30.0 Å². The van der Waals surface area contributed by atoms with Gasteiger partial charge in [-0.25, -0.2) is 0 Å². The Morgan fingerprint density at radius 2 is 2.12 bits per heavy atom. The average Bonchev–Trinajstić information content (AvgIpc) is 3.07. The van der Waals surface area contributed by atoms with E-state index in [1.165, 1.54) is 29.7 Å². The van der Waals surface area contributed by atoms with Crippen molar-refractivity contribution in [3.05, 3.63) is 34.9 Å². The molecule has 1 aliphatic heterocycles. The fraction of sp³-hybridized carbons (Fsp3) is 0.571. The maximum atomic E-state index is 6.24. The fourth-order valence-electron chi connectivity index (χ4n) is 2.61. The SMILES string of the molecule is CCN1CCc2cc(C3(N)CC3)ccc2C1. The van der Waals surface area contributed by atoms with Crippen molar-refractivity contribution in [2.24, 2.45) is 5.73 Å². The molecule has 3 rings (SSSR count). The zero-order valence-electron chi connectivity index (χ0n) is 10.00. The molecule has 0 spiro atoms. The first kappa shape index (κ1) is 10.3. The van der Waals surface area contributed by atoms with Gasteiger partial charge in [0.15, 0.2) is 0 Å². The summed E-state index contributed by atoms with van der Waals surface area (Å²) in [6.07, 6.45) is 3.51. The predicted molar refractivity (Wildman–Crippen MR) is 66.2 cm³/mol. The minimum atomic E-state index is 0.0247. The zero-order chi connectivity index (χ0) is 11.2. The van der Waals surface area contributed by atoms with Crippen molar-refractivity contribution in [1.29, 1.82) is 0 Å². The molecular weight excluding hydrogens is 196 g/mol. The lowest BCUT2D eigenvalue weighted by Crippen LogP contribution is -2.30. The second-order valence-corrected chi connectivity index (χ2v) is 5.26. The summed E-state index contributed by atoms with van der Waals surface area (Å²) >= 11 is 0. The molecule has 1 heterocycles. The van der Waals surface area contributed by atoms with E-state index in [1.807, 2.05) is 0 Å². The van der Waals surface area contributed by atoms with Gasteiger partial charge in [0.25, 0.3) is 0 Å². The van der Waals surface area contributed by atoms with Crippen LogP contribution >= 0.6 is 0 Å². The third-order valence-electron chi connectivity index (χ3n) is 4.11. The van der Waals surface area contributed by atoms with Crippen molar-refractivity contribution in [3.8, 4) is 0 Å². The highest BCUT2D eigenvalue weighted by molar-refractivity contribution is 5.39. The summed E-state index contributed by atoms with van der Waals surface area (Å²) < 4.78 is 0. The van der Waals surface area contributed by atoms with Gasteiger partial charge in [0.2, 0.25) is 0 Å². The summed E-state index contributed by atoms with van der Waals surface area (Å²) in [5, 5.41) is 0. The number of likely N-dealkylation sites (N-methyl/N-ethyl adjacent to an activating group) is 1. The minimum absolute atomic E-state index is 0.0247. The van der Waals surface area contributed by atoms with Gasteiger partial charge in [-0.3, -0.25) is 4.90 Å². The van der Waals surface area contributed by atoms with Crippen molar-refractivity contribution < 1.29 is 0 Å². The smallest absolute Gasteiger partial charge is 0.0411 e. The Labute approximate surface area is 97.4 Å². The van der Waals surface area contributed by atoms with Gasteiger partial charge in [-0.1, -0.05) is 25.1 Å². The van der Waals surface area contributed by atoms with Crippen molar-refractivity contribution in [2.75, 3.05) is 13.1 Å². The third-order valence-corrected chi connectivity index (χ3v) is 4.11. The zero-order valence-corrected chi connectivity index (χ0v) is 10.00. The number of nitrogens with two attached hydrogens (primary N) is 1. The number of benzene rings is 1. The van der Waals surface area contributed by atoms with Gasteiger partial charge in [0.05, 0.1) is 0 Å². The summed E-state index contributed by atoms with van der Waals surface area (Å²) in [4.78, 5) is 2.50. The summed E-state index contributed by atoms with van der Waals surface area (Å²) in [5.41, 5.74) is 10.7. The maximum absolute atomic E-state index is 6.24. The summed E-state index contributed by atoms with van der Waals surface area (Å²) in [6.45, 7) is 5.70. The molecule has 1 saturated carbocycles. The predicted octanol–water partition coefficient (Wildman–Crippen LogP) is 2.01. The molecule has 2 aliphatic rings. The van der Waals surface area contributed by atoms with Crippen LogP contribution in [-0.2, 0) is 18.5 Å². The fourth-order valence-corrected chi connectivity index (χ4v) is 2.61. The third kappa shape index (κ3) is 1.66. The Kier molecular flexibility index (Phi) is 2.30. The minimum Gasteiger partial charge on any atom is -0.321 e. The molecule has 0 atom stereocenters. The monoisotopic (exact) mass is 216 g/mol. The molecule has 1 aromatic rings. The Bertz CT molecular complexity index is 407. The Morgan fingerprint density at radius 3 is 2.81 bits per heavy atom. The molecule has 0 bridgehead atoms. The van der Waals surface area contributed by atoms with Gasteiger partial charge < -0.3 is 5.73 Å². The van der Waals surface area contributed by atoms with Gasteiger partial charge in [0, 0.05) is 18.6 Å². The Balaban J connectivity index is 1.89. The maximum Gasteiger partial charge on any atom is 0.0411 e.